The lowest BCUT2D eigenvalue weighted by Crippen LogP contribution is -2.29. The van der Waals surface area contributed by atoms with Crippen molar-refractivity contribution >= 4 is 5.91 Å². The zero-order valence-corrected chi connectivity index (χ0v) is 12.1. The highest BCUT2D eigenvalue weighted by molar-refractivity contribution is 5.95. The van der Waals surface area contributed by atoms with Crippen LogP contribution in [0.15, 0.2) is 18.2 Å². The van der Waals surface area contributed by atoms with Gasteiger partial charge in [-0.1, -0.05) is 6.07 Å². The third-order valence-electron chi connectivity index (χ3n) is 3.88. The van der Waals surface area contributed by atoms with Crippen molar-refractivity contribution in [1.82, 2.24) is 5.32 Å². The maximum absolute atomic E-state index is 13.2. The van der Waals surface area contributed by atoms with Crippen LogP contribution in [0.3, 0.4) is 0 Å². The SMILES string of the molecule is Cc1ccc(F)cc1C(=O)NCC[C@@H]1CCO[C@@H](C)C1. The van der Waals surface area contributed by atoms with Crippen molar-refractivity contribution in [2.75, 3.05) is 13.2 Å². The number of carbonyl (C=O) groups excluding carboxylic acids is 1. The third kappa shape index (κ3) is 4.04. The van der Waals surface area contributed by atoms with Gasteiger partial charge in [-0.25, -0.2) is 4.39 Å². The molecule has 1 aliphatic heterocycles. The molecule has 1 fully saturated rings. The van der Waals surface area contributed by atoms with Crippen LogP contribution in [0, 0.1) is 18.7 Å². The summed E-state index contributed by atoms with van der Waals surface area (Å²) in [6, 6.07) is 4.29. The highest BCUT2D eigenvalue weighted by atomic mass is 19.1. The number of rotatable bonds is 4. The number of hydrogen-bond donors (Lipinski definition) is 1. The minimum absolute atomic E-state index is 0.192. The Morgan fingerprint density at radius 3 is 3.05 bits per heavy atom. The monoisotopic (exact) mass is 279 g/mol. The molecule has 20 heavy (non-hydrogen) atoms. The second-order valence-electron chi connectivity index (χ2n) is 5.58. The Balaban J connectivity index is 1.81. The van der Waals surface area contributed by atoms with Crippen molar-refractivity contribution in [3.05, 3.63) is 35.1 Å². The van der Waals surface area contributed by atoms with Gasteiger partial charge in [0.25, 0.3) is 5.91 Å². The van der Waals surface area contributed by atoms with Gasteiger partial charge in [0.1, 0.15) is 5.82 Å². The van der Waals surface area contributed by atoms with Crippen molar-refractivity contribution in [1.29, 1.82) is 0 Å². The van der Waals surface area contributed by atoms with E-state index < -0.39 is 0 Å². The number of carbonyl (C=O) groups is 1. The molecule has 0 aromatic heterocycles. The van der Waals surface area contributed by atoms with E-state index in [0.29, 0.717) is 24.1 Å². The Morgan fingerprint density at radius 1 is 1.50 bits per heavy atom. The lowest BCUT2D eigenvalue weighted by Gasteiger charge is -2.27. The van der Waals surface area contributed by atoms with E-state index in [0.717, 1.165) is 31.4 Å². The molecule has 3 nitrogen and oxygen atoms in total. The first-order chi connectivity index (χ1) is 9.56. The lowest BCUT2D eigenvalue weighted by atomic mass is 9.93. The molecule has 1 amide bonds. The highest BCUT2D eigenvalue weighted by Gasteiger charge is 2.19. The van der Waals surface area contributed by atoms with Gasteiger partial charge in [-0.2, -0.15) is 0 Å². The first-order valence-electron chi connectivity index (χ1n) is 7.22. The van der Waals surface area contributed by atoms with Gasteiger partial charge in [0.15, 0.2) is 0 Å². The van der Waals surface area contributed by atoms with Crippen LogP contribution in [-0.4, -0.2) is 25.2 Å². The van der Waals surface area contributed by atoms with Gasteiger partial charge < -0.3 is 10.1 Å². The normalized spacial score (nSPS) is 22.6. The minimum Gasteiger partial charge on any atom is -0.378 e. The predicted molar refractivity (Wildman–Crippen MR) is 76.2 cm³/mol. The number of benzene rings is 1. The number of halogens is 1. The Kier molecular flexibility index (Phi) is 5.12. The molecule has 110 valence electrons. The smallest absolute Gasteiger partial charge is 0.251 e. The number of nitrogens with one attached hydrogen (secondary N) is 1. The number of aryl methyl sites for hydroxylation is 1. The first kappa shape index (κ1) is 15.0. The molecule has 0 saturated carbocycles. The molecule has 0 radical (unpaired) electrons. The molecule has 2 atom stereocenters. The highest BCUT2D eigenvalue weighted by Crippen LogP contribution is 2.22. The molecule has 0 bridgehead atoms. The van der Waals surface area contributed by atoms with Crippen molar-refractivity contribution in [3.63, 3.8) is 0 Å². The fourth-order valence-corrected chi connectivity index (χ4v) is 2.68. The average Bonchev–Trinajstić information content (AvgIpc) is 2.41. The molecule has 1 saturated heterocycles. The minimum atomic E-state index is -0.376. The van der Waals surface area contributed by atoms with Crippen LogP contribution in [-0.2, 0) is 4.74 Å². The Labute approximate surface area is 119 Å². The van der Waals surface area contributed by atoms with E-state index in [-0.39, 0.29) is 11.7 Å². The van der Waals surface area contributed by atoms with Crippen molar-refractivity contribution in [2.24, 2.45) is 5.92 Å². The molecule has 1 N–H and O–H groups in total. The molecule has 1 aromatic rings. The fraction of sp³-hybridized carbons (Fsp3) is 0.562. The lowest BCUT2D eigenvalue weighted by molar-refractivity contribution is 0.00109. The van der Waals surface area contributed by atoms with Gasteiger partial charge in [0.05, 0.1) is 6.10 Å². The van der Waals surface area contributed by atoms with Crippen LogP contribution >= 0.6 is 0 Å². The summed E-state index contributed by atoms with van der Waals surface area (Å²) in [6.07, 6.45) is 3.37. The summed E-state index contributed by atoms with van der Waals surface area (Å²) in [5.74, 6) is 0.0359. The van der Waals surface area contributed by atoms with E-state index in [4.69, 9.17) is 4.74 Å². The summed E-state index contributed by atoms with van der Waals surface area (Å²) >= 11 is 0. The van der Waals surface area contributed by atoms with Crippen LogP contribution in [0.25, 0.3) is 0 Å². The molecule has 4 heteroatoms. The molecule has 0 aliphatic carbocycles. The van der Waals surface area contributed by atoms with E-state index >= 15 is 0 Å². The summed E-state index contributed by atoms with van der Waals surface area (Å²) in [7, 11) is 0. The van der Waals surface area contributed by atoms with Crippen LogP contribution in [0.5, 0.6) is 0 Å². The molecule has 0 unspecified atom stereocenters. The third-order valence-corrected chi connectivity index (χ3v) is 3.88. The van der Waals surface area contributed by atoms with Crippen LogP contribution in [0.4, 0.5) is 4.39 Å². The maximum atomic E-state index is 13.2. The largest absolute Gasteiger partial charge is 0.378 e. The van der Waals surface area contributed by atoms with Crippen molar-refractivity contribution in [3.8, 4) is 0 Å². The molecular formula is C16H22FNO2. The van der Waals surface area contributed by atoms with Crippen molar-refractivity contribution < 1.29 is 13.9 Å². The molecule has 1 aliphatic rings. The summed E-state index contributed by atoms with van der Waals surface area (Å²) in [6.45, 7) is 5.34. The van der Waals surface area contributed by atoms with E-state index in [1.807, 2.05) is 6.92 Å². The number of amides is 1. The number of ether oxygens (including phenoxy) is 1. The predicted octanol–water partition coefficient (Wildman–Crippen LogP) is 3.07. The average molecular weight is 279 g/mol. The topological polar surface area (TPSA) is 38.3 Å². The standard InChI is InChI=1S/C16H22FNO2/c1-11-3-4-14(17)10-15(11)16(19)18-7-5-13-6-8-20-12(2)9-13/h3-4,10,12-13H,5-9H2,1-2H3,(H,18,19)/t12-,13+/m0/s1. The molecule has 1 heterocycles. The van der Waals surface area contributed by atoms with Gasteiger partial charge in [0, 0.05) is 18.7 Å². The molecule has 2 rings (SSSR count). The van der Waals surface area contributed by atoms with Gasteiger partial charge in [-0.15, -0.1) is 0 Å². The summed E-state index contributed by atoms with van der Waals surface area (Å²) in [5, 5.41) is 2.88. The maximum Gasteiger partial charge on any atom is 0.251 e. The number of hydrogen-bond acceptors (Lipinski definition) is 2. The summed E-state index contributed by atoms with van der Waals surface area (Å²) < 4.78 is 18.7. The van der Waals surface area contributed by atoms with Crippen LogP contribution in [0.1, 0.15) is 42.1 Å². The van der Waals surface area contributed by atoms with Crippen molar-refractivity contribution in [2.45, 2.75) is 39.2 Å². The Hall–Kier alpha value is -1.42. The zero-order chi connectivity index (χ0) is 14.5. The Morgan fingerprint density at radius 2 is 2.30 bits per heavy atom. The van der Waals surface area contributed by atoms with Crippen LogP contribution < -0.4 is 5.32 Å². The Bertz CT molecular complexity index is 476. The van der Waals surface area contributed by atoms with E-state index in [1.54, 1.807) is 6.07 Å². The molecule has 0 spiro atoms. The zero-order valence-electron chi connectivity index (χ0n) is 12.1. The van der Waals surface area contributed by atoms with E-state index in [9.17, 15) is 9.18 Å². The first-order valence-corrected chi connectivity index (χ1v) is 7.22. The quantitative estimate of drug-likeness (QED) is 0.920. The van der Waals surface area contributed by atoms with Gasteiger partial charge in [-0.3, -0.25) is 4.79 Å². The fourth-order valence-electron chi connectivity index (χ4n) is 2.68. The van der Waals surface area contributed by atoms with E-state index in [1.165, 1.54) is 12.1 Å². The summed E-state index contributed by atoms with van der Waals surface area (Å²) in [5.41, 5.74) is 1.22. The van der Waals surface area contributed by atoms with Gasteiger partial charge in [-0.05, 0) is 56.7 Å². The summed E-state index contributed by atoms with van der Waals surface area (Å²) in [4.78, 5) is 12.0. The molecular weight excluding hydrogens is 257 g/mol. The van der Waals surface area contributed by atoms with Crippen LogP contribution in [0.2, 0.25) is 0 Å². The molecule has 1 aromatic carbocycles. The van der Waals surface area contributed by atoms with Gasteiger partial charge in [0.2, 0.25) is 0 Å². The second-order valence-corrected chi connectivity index (χ2v) is 5.58. The van der Waals surface area contributed by atoms with Gasteiger partial charge >= 0.3 is 0 Å². The second kappa shape index (κ2) is 6.84. The van der Waals surface area contributed by atoms with E-state index in [2.05, 4.69) is 12.2 Å².